The van der Waals surface area contributed by atoms with Crippen molar-refractivity contribution in [3.63, 3.8) is 0 Å². The molecule has 2 rings (SSSR count). The smallest absolute Gasteiger partial charge is 0.252 e. The summed E-state index contributed by atoms with van der Waals surface area (Å²) in [6.45, 7) is 1.95. The molecule has 0 aliphatic carbocycles. The maximum absolute atomic E-state index is 11.4. The van der Waals surface area contributed by atoms with E-state index >= 15 is 0 Å². The van der Waals surface area contributed by atoms with Crippen LogP contribution in [0.3, 0.4) is 0 Å². The average molecular weight is 239 g/mol. The van der Waals surface area contributed by atoms with E-state index in [2.05, 4.69) is 4.90 Å². The number of nitrogens with two attached hydrogens (primary N) is 1. The van der Waals surface area contributed by atoms with Crippen LogP contribution in [0.4, 0.5) is 5.69 Å². The Bertz CT molecular complexity index is 400. The van der Waals surface area contributed by atoms with E-state index in [0.717, 1.165) is 31.6 Å². The first kappa shape index (κ1) is 11.3. The molecule has 86 valence electrons. The van der Waals surface area contributed by atoms with E-state index < -0.39 is 5.91 Å². The zero-order chi connectivity index (χ0) is 11.5. The number of carbonyl (C=O) groups is 1. The number of benzene rings is 1. The zero-order valence-electron chi connectivity index (χ0n) is 9.08. The second kappa shape index (κ2) is 4.74. The Hall–Kier alpha value is -1.22. The molecule has 1 aliphatic heterocycles. The van der Waals surface area contributed by atoms with Gasteiger partial charge in [0.25, 0.3) is 5.91 Å². The monoisotopic (exact) mass is 238 g/mol. The molecule has 0 atom stereocenters. The first-order valence-corrected chi connectivity index (χ1v) is 5.91. The summed E-state index contributed by atoms with van der Waals surface area (Å²) in [5.74, 6) is -0.453. The molecule has 0 saturated carbocycles. The van der Waals surface area contributed by atoms with Gasteiger partial charge in [-0.1, -0.05) is 17.7 Å². The highest BCUT2D eigenvalue weighted by Gasteiger charge is 2.19. The summed E-state index contributed by atoms with van der Waals surface area (Å²) in [5, 5.41) is 0.440. The number of halogens is 1. The molecular weight excluding hydrogens is 224 g/mol. The Balaban J connectivity index is 2.38. The normalized spacial score (nSPS) is 16.2. The topological polar surface area (TPSA) is 46.3 Å². The summed E-state index contributed by atoms with van der Waals surface area (Å²) in [5.41, 5.74) is 6.70. The van der Waals surface area contributed by atoms with E-state index in [0.29, 0.717) is 10.6 Å². The fraction of sp³-hybridized carbons (Fsp3) is 0.417. The molecule has 4 heteroatoms. The fourth-order valence-corrected chi connectivity index (χ4v) is 2.42. The molecule has 2 N–H and O–H groups in total. The van der Waals surface area contributed by atoms with Gasteiger partial charge in [-0.3, -0.25) is 4.79 Å². The predicted octanol–water partition coefficient (Wildman–Crippen LogP) is 2.43. The van der Waals surface area contributed by atoms with Gasteiger partial charge in [-0.05, 0) is 31.4 Å². The van der Waals surface area contributed by atoms with Crippen molar-refractivity contribution in [3.8, 4) is 0 Å². The summed E-state index contributed by atoms with van der Waals surface area (Å²) in [6, 6.07) is 5.48. The van der Waals surface area contributed by atoms with E-state index in [1.165, 1.54) is 6.42 Å². The van der Waals surface area contributed by atoms with Gasteiger partial charge in [-0.2, -0.15) is 0 Å². The molecule has 1 amide bonds. The van der Waals surface area contributed by atoms with E-state index in [1.54, 1.807) is 6.07 Å². The minimum Gasteiger partial charge on any atom is -0.371 e. The second-order valence-electron chi connectivity index (χ2n) is 4.05. The summed E-state index contributed by atoms with van der Waals surface area (Å²) < 4.78 is 0. The van der Waals surface area contributed by atoms with Crippen molar-refractivity contribution in [2.45, 2.75) is 19.3 Å². The number of hydrogen-bond acceptors (Lipinski definition) is 2. The van der Waals surface area contributed by atoms with Crippen LogP contribution < -0.4 is 10.6 Å². The van der Waals surface area contributed by atoms with Crippen molar-refractivity contribution >= 4 is 23.2 Å². The number of nitrogens with zero attached hydrogens (tertiary/aromatic N) is 1. The Morgan fingerprint density at radius 2 is 1.94 bits per heavy atom. The molecular formula is C12H15ClN2O. The van der Waals surface area contributed by atoms with Crippen LogP contribution in [0.1, 0.15) is 29.6 Å². The maximum Gasteiger partial charge on any atom is 0.252 e. The molecule has 0 unspecified atom stereocenters. The maximum atomic E-state index is 11.4. The highest BCUT2D eigenvalue weighted by Crippen LogP contribution is 2.29. The van der Waals surface area contributed by atoms with Crippen molar-refractivity contribution in [3.05, 3.63) is 28.8 Å². The highest BCUT2D eigenvalue weighted by molar-refractivity contribution is 6.34. The summed E-state index contributed by atoms with van der Waals surface area (Å²) in [6.07, 6.45) is 3.57. The quantitative estimate of drug-likeness (QED) is 0.860. The third-order valence-corrected chi connectivity index (χ3v) is 3.25. The van der Waals surface area contributed by atoms with Crippen LogP contribution in [-0.2, 0) is 0 Å². The van der Waals surface area contributed by atoms with Gasteiger partial charge in [0.05, 0.1) is 16.3 Å². The number of amides is 1. The van der Waals surface area contributed by atoms with Gasteiger partial charge < -0.3 is 10.6 Å². The van der Waals surface area contributed by atoms with Gasteiger partial charge in [-0.15, -0.1) is 0 Å². The van der Waals surface area contributed by atoms with Gasteiger partial charge in [-0.25, -0.2) is 0 Å². The minimum atomic E-state index is -0.453. The third kappa shape index (κ3) is 2.14. The fourth-order valence-electron chi connectivity index (χ4n) is 2.16. The first-order chi connectivity index (χ1) is 7.70. The van der Waals surface area contributed by atoms with E-state index in [9.17, 15) is 4.79 Å². The van der Waals surface area contributed by atoms with E-state index in [-0.39, 0.29) is 0 Å². The zero-order valence-corrected chi connectivity index (χ0v) is 9.83. The minimum absolute atomic E-state index is 0.440. The number of anilines is 1. The predicted molar refractivity (Wildman–Crippen MR) is 66.0 cm³/mol. The second-order valence-corrected chi connectivity index (χ2v) is 4.45. The van der Waals surface area contributed by atoms with Crippen molar-refractivity contribution in [1.29, 1.82) is 0 Å². The molecule has 0 radical (unpaired) electrons. The molecule has 1 aromatic carbocycles. The molecule has 0 bridgehead atoms. The van der Waals surface area contributed by atoms with E-state index in [1.807, 2.05) is 12.1 Å². The standard InChI is InChI=1S/C12H15ClN2O/c13-9-5-4-6-10(11(9)12(14)16)15-7-2-1-3-8-15/h4-6H,1-3,7-8H2,(H2,14,16). The lowest BCUT2D eigenvalue weighted by atomic mass is 10.1. The number of hydrogen-bond donors (Lipinski definition) is 1. The van der Waals surface area contributed by atoms with Crippen molar-refractivity contribution in [2.75, 3.05) is 18.0 Å². The largest absolute Gasteiger partial charge is 0.371 e. The van der Waals surface area contributed by atoms with Gasteiger partial charge in [0.15, 0.2) is 0 Å². The molecule has 0 spiro atoms. The summed E-state index contributed by atoms with van der Waals surface area (Å²) in [4.78, 5) is 13.6. The Labute approximate surface area is 100 Å². The number of carbonyl (C=O) groups excluding carboxylic acids is 1. The number of rotatable bonds is 2. The Morgan fingerprint density at radius 3 is 2.56 bits per heavy atom. The molecule has 1 saturated heterocycles. The van der Waals surface area contributed by atoms with E-state index in [4.69, 9.17) is 17.3 Å². The Morgan fingerprint density at radius 1 is 1.25 bits per heavy atom. The molecule has 16 heavy (non-hydrogen) atoms. The summed E-state index contributed by atoms with van der Waals surface area (Å²) in [7, 11) is 0. The first-order valence-electron chi connectivity index (χ1n) is 5.53. The van der Waals surface area contributed by atoms with Crippen LogP contribution in [0.5, 0.6) is 0 Å². The van der Waals surface area contributed by atoms with Gasteiger partial charge in [0.1, 0.15) is 0 Å². The molecule has 1 aromatic rings. The number of primary amides is 1. The molecule has 1 fully saturated rings. The lowest BCUT2D eigenvalue weighted by molar-refractivity contribution is 0.100. The van der Waals surface area contributed by atoms with Crippen molar-refractivity contribution in [2.24, 2.45) is 5.73 Å². The van der Waals surface area contributed by atoms with Crippen LogP contribution >= 0.6 is 11.6 Å². The average Bonchev–Trinajstić information content (AvgIpc) is 2.29. The molecule has 1 aliphatic rings. The van der Waals surface area contributed by atoms with Crippen LogP contribution in [0.15, 0.2) is 18.2 Å². The van der Waals surface area contributed by atoms with Crippen LogP contribution in [0.25, 0.3) is 0 Å². The van der Waals surface area contributed by atoms with Crippen LogP contribution in [0.2, 0.25) is 5.02 Å². The molecule has 3 nitrogen and oxygen atoms in total. The highest BCUT2D eigenvalue weighted by atomic mass is 35.5. The van der Waals surface area contributed by atoms with Crippen molar-refractivity contribution in [1.82, 2.24) is 0 Å². The van der Waals surface area contributed by atoms with Gasteiger partial charge in [0.2, 0.25) is 0 Å². The molecule has 0 aromatic heterocycles. The SMILES string of the molecule is NC(=O)c1c(Cl)cccc1N1CCCCC1. The summed E-state index contributed by atoms with van der Waals surface area (Å²) >= 11 is 6.02. The lowest BCUT2D eigenvalue weighted by Crippen LogP contribution is -2.31. The van der Waals surface area contributed by atoms with Crippen LogP contribution in [-0.4, -0.2) is 19.0 Å². The lowest BCUT2D eigenvalue weighted by Gasteiger charge is -2.30. The molecule has 1 heterocycles. The van der Waals surface area contributed by atoms with Gasteiger partial charge in [0, 0.05) is 13.1 Å². The Kier molecular flexibility index (Phi) is 3.34. The van der Waals surface area contributed by atoms with Gasteiger partial charge >= 0.3 is 0 Å². The van der Waals surface area contributed by atoms with Crippen LogP contribution in [0, 0.1) is 0 Å². The van der Waals surface area contributed by atoms with Crippen molar-refractivity contribution < 1.29 is 4.79 Å². The third-order valence-electron chi connectivity index (χ3n) is 2.93. The number of piperidine rings is 1.